The Bertz CT molecular complexity index is 569. The Balaban J connectivity index is 1.68. The summed E-state index contributed by atoms with van der Waals surface area (Å²) in [7, 11) is 0. The van der Waals surface area contributed by atoms with Gasteiger partial charge in [-0.3, -0.25) is 4.79 Å². The van der Waals surface area contributed by atoms with E-state index in [1.807, 2.05) is 30.3 Å². The average molecular weight is 331 g/mol. The first kappa shape index (κ1) is 15.3. The summed E-state index contributed by atoms with van der Waals surface area (Å²) in [5.41, 5.74) is 0.408. The molecular formula is C14H12Cl2O3S. The van der Waals surface area contributed by atoms with Crippen molar-refractivity contribution in [1.29, 1.82) is 0 Å². The molecule has 0 aliphatic rings. The van der Waals surface area contributed by atoms with Gasteiger partial charge in [-0.15, -0.1) is 11.3 Å². The van der Waals surface area contributed by atoms with E-state index < -0.39 is 0 Å². The molecule has 0 bridgehead atoms. The second-order valence-electron chi connectivity index (χ2n) is 3.88. The van der Waals surface area contributed by atoms with Gasteiger partial charge in [0.2, 0.25) is 0 Å². The van der Waals surface area contributed by atoms with Crippen LogP contribution in [0.2, 0.25) is 8.67 Å². The molecular weight excluding hydrogens is 319 g/mol. The third-order valence-electron chi connectivity index (χ3n) is 2.43. The van der Waals surface area contributed by atoms with Crippen LogP contribution < -0.4 is 4.74 Å². The number of para-hydroxylation sites is 1. The van der Waals surface area contributed by atoms with Gasteiger partial charge in [0, 0.05) is 0 Å². The molecule has 3 nitrogen and oxygen atoms in total. The monoisotopic (exact) mass is 330 g/mol. The van der Waals surface area contributed by atoms with Crippen LogP contribution in [-0.4, -0.2) is 25.6 Å². The Kier molecular flexibility index (Phi) is 5.86. The largest absolute Gasteiger partial charge is 0.491 e. The van der Waals surface area contributed by atoms with Crippen LogP contribution in [-0.2, 0) is 4.74 Å². The lowest BCUT2D eigenvalue weighted by Crippen LogP contribution is -2.13. The molecule has 0 atom stereocenters. The molecule has 0 fully saturated rings. The zero-order valence-corrected chi connectivity index (χ0v) is 12.8. The molecule has 0 saturated heterocycles. The van der Waals surface area contributed by atoms with Crippen molar-refractivity contribution in [3.05, 3.63) is 50.6 Å². The number of halogens is 2. The number of carbonyl (C=O) groups excluding carboxylic acids is 1. The quantitative estimate of drug-likeness (QED) is 0.559. The lowest BCUT2D eigenvalue weighted by Gasteiger charge is -2.06. The van der Waals surface area contributed by atoms with Gasteiger partial charge in [-0.1, -0.05) is 41.4 Å². The molecule has 0 unspecified atom stereocenters. The van der Waals surface area contributed by atoms with Crippen LogP contribution in [0.4, 0.5) is 0 Å². The van der Waals surface area contributed by atoms with Crippen LogP contribution in [0.15, 0.2) is 36.4 Å². The lowest BCUT2D eigenvalue weighted by molar-refractivity contribution is 0.0688. The van der Waals surface area contributed by atoms with E-state index in [9.17, 15) is 4.79 Å². The minimum Gasteiger partial charge on any atom is -0.491 e. The smallest absolute Gasteiger partial charge is 0.190 e. The summed E-state index contributed by atoms with van der Waals surface area (Å²) in [6.45, 7) is 0.677. The summed E-state index contributed by atoms with van der Waals surface area (Å²) < 4.78 is 11.6. The van der Waals surface area contributed by atoms with E-state index >= 15 is 0 Å². The fourth-order valence-corrected chi connectivity index (χ4v) is 3.01. The number of ketones is 1. The van der Waals surface area contributed by atoms with E-state index in [2.05, 4.69) is 0 Å². The molecule has 6 heteroatoms. The number of hydrogen-bond donors (Lipinski definition) is 0. The van der Waals surface area contributed by atoms with Crippen LogP contribution in [0.25, 0.3) is 0 Å². The Morgan fingerprint density at radius 3 is 2.55 bits per heavy atom. The van der Waals surface area contributed by atoms with Crippen molar-refractivity contribution in [2.24, 2.45) is 0 Å². The summed E-state index contributed by atoms with van der Waals surface area (Å²) in [4.78, 5) is 11.8. The van der Waals surface area contributed by atoms with Crippen molar-refractivity contribution in [2.75, 3.05) is 19.8 Å². The molecule has 0 aliphatic heterocycles. The summed E-state index contributed by atoms with van der Waals surface area (Å²) in [6.07, 6.45) is 0. The van der Waals surface area contributed by atoms with Gasteiger partial charge in [0.1, 0.15) is 23.3 Å². The Hall–Kier alpha value is -1.07. The van der Waals surface area contributed by atoms with Crippen molar-refractivity contribution in [2.45, 2.75) is 0 Å². The number of rotatable bonds is 7. The van der Waals surface area contributed by atoms with Crippen molar-refractivity contribution >= 4 is 40.3 Å². The van der Waals surface area contributed by atoms with Gasteiger partial charge in [0.05, 0.1) is 16.5 Å². The van der Waals surface area contributed by atoms with E-state index in [-0.39, 0.29) is 12.4 Å². The van der Waals surface area contributed by atoms with E-state index in [4.69, 9.17) is 32.7 Å². The highest BCUT2D eigenvalue weighted by Crippen LogP contribution is 2.31. The number of carbonyl (C=O) groups is 1. The van der Waals surface area contributed by atoms with Gasteiger partial charge < -0.3 is 9.47 Å². The highest BCUT2D eigenvalue weighted by molar-refractivity contribution is 7.20. The molecule has 2 aromatic rings. The maximum atomic E-state index is 11.8. The normalized spacial score (nSPS) is 10.5. The number of ether oxygens (including phenoxy) is 2. The number of benzene rings is 1. The SMILES string of the molecule is O=C(COCCOc1ccccc1)c1cc(Cl)sc1Cl. The predicted molar refractivity (Wildman–Crippen MR) is 81.4 cm³/mol. The van der Waals surface area contributed by atoms with Crippen LogP contribution in [0.1, 0.15) is 10.4 Å². The molecule has 1 aromatic heterocycles. The first-order valence-electron chi connectivity index (χ1n) is 5.90. The fraction of sp³-hybridized carbons (Fsp3) is 0.214. The Morgan fingerprint density at radius 1 is 1.15 bits per heavy atom. The lowest BCUT2D eigenvalue weighted by atomic mass is 10.2. The maximum absolute atomic E-state index is 11.8. The zero-order chi connectivity index (χ0) is 14.4. The van der Waals surface area contributed by atoms with Gasteiger partial charge in [-0.25, -0.2) is 0 Å². The van der Waals surface area contributed by atoms with E-state index in [0.29, 0.717) is 27.4 Å². The number of thiophene rings is 1. The van der Waals surface area contributed by atoms with Crippen LogP contribution in [0.3, 0.4) is 0 Å². The molecule has 0 N–H and O–H groups in total. The molecule has 106 valence electrons. The average Bonchev–Trinajstić information content (AvgIpc) is 2.78. The van der Waals surface area contributed by atoms with Crippen LogP contribution in [0.5, 0.6) is 5.75 Å². The molecule has 0 aliphatic carbocycles. The molecule has 1 aromatic carbocycles. The molecule has 20 heavy (non-hydrogen) atoms. The number of Topliss-reactive ketones (excluding diaryl/α,β-unsaturated/α-hetero) is 1. The third-order valence-corrected chi connectivity index (χ3v) is 3.92. The summed E-state index contributed by atoms with van der Waals surface area (Å²) in [6, 6.07) is 11.0. The van der Waals surface area contributed by atoms with Crippen molar-refractivity contribution in [3.8, 4) is 5.75 Å². The predicted octanol–water partition coefficient (Wildman–Crippen LogP) is 4.33. The minimum atomic E-state index is -0.183. The van der Waals surface area contributed by atoms with Gasteiger partial charge in [-0.05, 0) is 18.2 Å². The highest BCUT2D eigenvalue weighted by Gasteiger charge is 2.14. The van der Waals surface area contributed by atoms with E-state index in [1.165, 1.54) is 11.3 Å². The first-order chi connectivity index (χ1) is 9.66. The van der Waals surface area contributed by atoms with Crippen molar-refractivity contribution < 1.29 is 14.3 Å². The van der Waals surface area contributed by atoms with Crippen molar-refractivity contribution in [3.63, 3.8) is 0 Å². The fourth-order valence-electron chi connectivity index (χ4n) is 1.51. The molecule has 2 rings (SSSR count). The highest BCUT2D eigenvalue weighted by atomic mass is 35.5. The van der Waals surface area contributed by atoms with E-state index in [0.717, 1.165) is 5.75 Å². The van der Waals surface area contributed by atoms with Gasteiger partial charge in [0.15, 0.2) is 5.78 Å². The summed E-state index contributed by atoms with van der Waals surface area (Å²) in [5, 5.41) is 0. The molecule has 0 amide bonds. The Morgan fingerprint density at radius 2 is 1.90 bits per heavy atom. The van der Waals surface area contributed by atoms with Crippen LogP contribution in [0, 0.1) is 0 Å². The second kappa shape index (κ2) is 7.64. The summed E-state index contributed by atoms with van der Waals surface area (Å²) in [5.74, 6) is 0.591. The molecule has 1 heterocycles. The maximum Gasteiger partial charge on any atom is 0.190 e. The second-order valence-corrected chi connectivity index (χ2v) is 6.16. The van der Waals surface area contributed by atoms with Gasteiger partial charge in [-0.2, -0.15) is 0 Å². The minimum absolute atomic E-state index is 0.0368. The van der Waals surface area contributed by atoms with Crippen LogP contribution >= 0.6 is 34.5 Å². The van der Waals surface area contributed by atoms with Gasteiger partial charge in [0.25, 0.3) is 0 Å². The Labute approximate surface area is 131 Å². The zero-order valence-electron chi connectivity index (χ0n) is 10.5. The molecule has 0 saturated carbocycles. The standard InChI is InChI=1S/C14H12Cl2O3S/c15-13-8-11(14(16)20-13)12(17)9-18-6-7-19-10-4-2-1-3-5-10/h1-5,8H,6-7,9H2. The summed E-state index contributed by atoms with van der Waals surface area (Å²) >= 11 is 12.8. The molecule has 0 spiro atoms. The van der Waals surface area contributed by atoms with E-state index in [1.54, 1.807) is 6.07 Å². The third kappa shape index (κ3) is 4.49. The van der Waals surface area contributed by atoms with Gasteiger partial charge >= 0.3 is 0 Å². The van der Waals surface area contributed by atoms with Crippen molar-refractivity contribution in [1.82, 2.24) is 0 Å². The first-order valence-corrected chi connectivity index (χ1v) is 7.47. The number of hydrogen-bond acceptors (Lipinski definition) is 4. The molecule has 0 radical (unpaired) electrons. The topological polar surface area (TPSA) is 35.5 Å².